The Labute approximate surface area is 184 Å². The van der Waals surface area contributed by atoms with Crippen molar-refractivity contribution in [1.29, 1.82) is 0 Å². The van der Waals surface area contributed by atoms with Crippen molar-refractivity contribution >= 4 is 11.7 Å². The Bertz CT molecular complexity index is 1180. The van der Waals surface area contributed by atoms with Crippen LogP contribution in [0.2, 0.25) is 0 Å². The number of benzene rings is 1. The standard InChI is InChI=1S/C22H23N5O5/c1-26-20(28)11-17(16-6-7-23-13-24-16)25-22(26)27-8-9-32-19(12-27)21(29)15-10-14(30-2)4-5-18(15)31-3/h4-7,10-11,13,19H,8-9,12H2,1-3H3. The van der Waals surface area contributed by atoms with Gasteiger partial charge in [-0.05, 0) is 24.3 Å². The lowest BCUT2D eigenvalue weighted by atomic mass is 10.0. The van der Waals surface area contributed by atoms with E-state index in [0.717, 1.165) is 0 Å². The molecule has 10 nitrogen and oxygen atoms in total. The minimum absolute atomic E-state index is 0.229. The molecule has 3 heterocycles. The van der Waals surface area contributed by atoms with Crippen molar-refractivity contribution in [2.24, 2.45) is 7.05 Å². The second kappa shape index (κ2) is 9.15. The summed E-state index contributed by atoms with van der Waals surface area (Å²) in [5, 5.41) is 0. The van der Waals surface area contributed by atoms with Crippen molar-refractivity contribution in [1.82, 2.24) is 19.5 Å². The van der Waals surface area contributed by atoms with Gasteiger partial charge in [0.1, 0.15) is 23.9 Å². The molecule has 32 heavy (non-hydrogen) atoms. The molecule has 1 saturated heterocycles. The molecule has 0 spiro atoms. The van der Waals surface area contributed by atoms with E-state index in [4.69, 9.17) is 14.2 Å². The van der Waals surface area contributed by atoms with Crippen LogP contribution in [-0.2, 0) is 11.8 Å². The van der Waals surface area contributed by atoms with E-state index < -0.39 is 6.10 Å². The first-order valence-electron chi connectivity index (χ1n) is 9.99. The van der Waals surface area contributed by atoms with Gasteiger partial charge in [0.25, 0.3) is 5.56 Å². The van der Waals surface area contributed by atoms with Gasteiger partial charge < -0.3 is 19.1 Å². The monoisotopic (exact) mass is 437 g/mol. The molecule has 0 N–H and O–H groups in total. The van der Waals surface area contributed by atoms with Gasteiger partial charge in [0.15, 0.2) is 5.78 Å². The van der Waals surface area contributed by atoms with Crippen molar-refractivity contribution < 1.29 is 19.0 Å². The Morgan fingerprint density at radius 3 is 2.72 bits per heavy atom. The molecular formula is C22H23N5O5. The number of Topliss-reactive ketones (excluding diaryl/α,β-unsaturated/α-hetero) is 1. The molecule has 0 aliphatic carbocycles. The first kappa shape index (κ1) is 21.4. The molecule has 1 unspecified atom stereocenters. The van der Waals surface area contributed by atoms with Crippen LogP contribution in [0, 0.1) is 0 Å². The number of nitrogens with zero attached hydrogens (tertiary/aromatic N) is 5. The molecular weight excluding hydrogens is 414 g/mol. The molecule has 4 rings (SSSR count). The lowest BCUT2D eigenvalue weighted by Crippen LogP contribution is -2.48. The van der Waals surface area contributed by atoms with E-state index in [-0.39, 0.29) is 17.9 Å². The fourth-order valence-corrected chi connectivity index (χ4v) is 3.55. The molecule has 1 atom stereocenters. The normalized spacial score (nSPS) is 16.0. The number of ketones is 1. The average Bonchev–Trinajstić information content (AvgIpc) is 2.85. The molecule has 1 aliphatic rings. The van der Waals surface area contributed by atoms with Crippen molar-refractivity contribution in [3.05, 3.63) is 58.8 Å². The van der Waals surface area contributed by atoms with Gasteiger partial charge in [-0.15, -0.1) is 0 Å². The zero-order valence-corrected chi connectivity index (χ0v) is 18.0. The fourth-order valence-electron chi connectivity index (χ4n) is 3.55. The molecule has 0 amide bonds. The minimum atomic E-state index is -0.760. The number of aromatic nitrogens is 4. The molecule has 1 aliphatic heterocycles. The average molecular weight is 437 g/mol. The van der Waals surface area contributed by atoms with E-state index >= 15 is 0 Å². The summed E-state index contributed by atoms with van der Waals surface area (Å²) in [7, 11) is 4.68. The van der Waals surface area contributed by atoms with Crippen LogP contribution in [0.1, 0.15) is 10.4 Å². The van der Waals surface area contributed by atoms with Crippen molar-refractivity contribution in [3.8, 4) is 22.9 Å². The third-order valence-corrected chi connectivity index (χ3v) is 5.27. The third-order valence-electron chi connectivity index (χ3n) is 5.27. The lowest BCUT2D eigenvalue weighted by molar-refractivity contribution is 0.0334. The fraction of sp³-hybridized carbons (Fsp3) is 0.318. The van der Waals surface area contributed by atoms with E-state index in [1.54, 1.807) is 37.5 Å². The van der Waals surface area contributed by atoms with E-state index in [9.17, 15) is 9.59 Å². The summed E-state index contributed by atoms with van der Waals surface area (Å²) in [5.74, 6) is 1.18. The summed E-state index contributed by atoms with van der Waals surface area (Å²) in [6.07, 6.45) is 2.23. The lowest BCUT2D eigenvalue weighted by Gasteiger charge is -2.33. The molecule has 0 saturated carbocycles. The van der Waals surface area contributed by atoms with Crippen LogP contribution in [0.5, 0.6) is 11.5 Å². The van der Waals surface area contributed by atoms with Crippen LogP contribution in [0.4, 0.5) is 5.95 Å². The molecule has 2 aromatic heterocycles. The Morgan fingerprint density at radius 1 is 1.16 bits per heavy atom. The molecule has 0 radical (unpaired) electrons. The first-order chi connectivity index (χ1) is 15.5. The maximum atomic E-state index is 13.3. The maximum absolute atomic E-state index is 13.3. The summed E-state index contributed by atoms with van der Waals surface area (Å²) in [5.41, 5.74) is 1.12. The number of carbonyl (C=O) groups excluding carboxylic acids is 1. The molecule has 3 aromatic rings. The smallest absolute Gasteiger partial charge is 0.255 e. The van der Waals surface area contributed by atoms with Crippen LogP contribution in [0.15, 0.2) is 47.7 Å². The second-order valence-corrected chi connectivity index (χ2v) is 7.17. The van der Waals surface area contributed by atoms with Gasteiger partial charge in [0.2, 0.25) is 5.95 Å². The van der Waals surface area contributed by atoms with Crippen LogP contribution in [0.3, 0.4) is 0 Å². The van der Waals surface area contributed by atoms with Gasteiger partial charge in [0.05, 0.1) is 44.3 Å². The quantitative estimate of drug-likeness (QED) is 0.528. The maximum Gasteiger partial charge on any atom is 0.255 e. The summed E-state index contributed by atoms with van der Waals surface area (Å²) in [6.45, 7) is 1.01. The number of rotatable bonds is 6. The Balaban J connectivity index is 1.65. The molecule has 1 fully saturated rings. The van der Waals surface area contributed by atoms with Gasteiger partial charge in [-0.2, -0.15) is 0 Å². The highest BCUT2D eigenvalue weighted by Crippen LogP contribution is 2.27. The predicted molar refractivity (Wildman–Crippen MR) is 116 cm³/mol. The van der Waals surface area contributed by atoms with Gasteiger partial charge in [0, 0.05) is 25.9 Å². The van der Waals surface area contributed by atoms with Crippen molar-refractivity contribution in [3.63, 3.8) is 0 Å². The highest BCUT2D eigenvalue weighted by atomic mass is 16.5. The van der Waals surface area contributed by atoms with Crippen LogP contribution >= 0.6 is 0 Å². The van der Waals surface area contributed by atoms with E-state index in [2.05, 4.69) is 15.0 Å². The molecule has 10 heteroatoms. The highest BCUT2D eigenvalue weighted by Gasteiger charge is 2.31. The molecule has 1 aromatic carbocycles. The van der Waals surface area contributed by atoms with Gasteiger partial charge in [-0.3, -0.25) is 14.2 Å². The van der Waals surface area contributed by atoms with Crippen LogP contribution < -0.4 is 19.9 Å². The number of hydrogen-bond donors (Lipinski definition) is 0. The summed E-state index contributed by atoms with van der Waals surface area (Å²) >= 11 is 0. The largest absolute Gasteiger partial charge is 0.497 e. The van der Waals surface area contributed by atoms with Gasteiger partial charge >= 0.3 is 0 Å². The SMILES string of the molecule is COc1ccc(OC)c(C(=O)C2CN(c3nc(-c4ccncn4)cc(=O)n3C)CCO2)c1. The summed E-state index contributed by atoms with van der Waals surface area (Å²) < 4.78 is 17.8. The second-order valence-electron chi connectivity index (χ2n) is 7.17. The minimum Gasteiger partial charge on any atom is -0.497 e. The first-order valence-corrected chi connectivity index (χ1v) is 9.99. The number of ether oxygens (including phenoxy) is 3. The zero-order chi connectivity index (χ0) is 22.7. The topological polar surface area (TPSA) is 109 Å². The molecule has 166 valence electrons. The van der Waals surface area contributed by atoms with E-state index in [1.165, 1.54) is 31.2 Å². The number of carbonyl (C=O) groups is 1. The predicted octanol–water partition coefficient (Wildman–Crippen LogP) is 1.34. The molecule has 0 bridgehead atoms. The Kier molecular flexibility index (Phi) is 6.13. The van der Waals surface area contributed by atoms with E-state index in [1.807, 2.05) is 4.90 Å². The van der Waals surface area contributed by atoms with Crippen molar-refractivity contribution in [2.45, 2.75) is 6.10 Å². The number of morpholine rings is 1. The van der Waals surface area contributed by atoms with Crippen molar-refractivity contribution in [2.75, 3.05) is 38.8 Å². The van der Waals surface area contributed by atoms with Gasteiger partial charge in [-0.25, -0.2) is 15.0 Å². The van der Waals surface area contributed by atoms with Crippen LogP contribution in [-0.4, -0.2) is 65.3 Å². The summed E-state index contributed by atoms with van der Waals surface area (Å²) in [6, 6.07) is 8.15. The van der Waals surface area contributed by atoms with E-state index in [0.29, 0.717) is 47.6 Å². The third kappa shape index (κ3) is 4.17. The van der Waals surface area contributed by atoms with Gasteiger partial charge in [-0.1, -0.05) is 0 Å². The Morgan fingerprint density at radius 2 is 2.00 bits per heavy atom. The summed E-state index contributed by atoms with van der Waals surface area (Å²) in [4.78, 5) is 40.5. The number of anilines is 1. The number of hydrogen-bond acceptors (Lipinski definition) is 9. The Hall–Kier alpha value is -3.79. The zero-order valence-electron chi connectivity index (χ0n) is 18.0. The highest BCUT2D eigenvalue weighted by molar-refractivity contribution is 6.02. The number of methoxy groups -OCH3 is 2. The van der Waals surface area contributed by atoms with Crippen LogP contribution in [0.25, 0.3) is 11.4 Å².